The first kappa shape index (κ1) is 12.2. The number of hydrogen-bond acceptors (Lipinski definition) is 2. The fourth-order valence-corrected chi connectivity index (χ4v) is 1.97. The van der Waals surface area contributed by atoms with Gasteiger partial charge in [-0.2, -0.15) is 13.2 Å². The molecule has 17 heavy (non-hydrogen) atoms. The van der Waals surface area contributed by atoms with Gasteiger partial charge in [-0.1, -0.05) is 17.7 Å². The Hall–Kier alpha value is -1.23. The van der Waals surface area contributed by atoms with Crippen LogP contribution in [0.2, 0.25) is 5.02 Å². The largest absolute Gasteiger partial charge is 0.417 e. The van der Waals surface area contributed by atoms with Crippen molar-refractivity contribution in [2.24, 2.45) is 4.99 Å². The normalized spacial score (nSPS) is 20.1. The minimum atomic E-state index is -4.43. The highest BCUT2D eigenvalue weighted by atomic mass is 35.5. The first-order valence-corrected chi connectivity index (χ1v) is 5.44. The molecular formula is C11H10ClF3N2. The molecule has 0 amide bonds. The molecule has 92 valence electrons. The van der Waals surface area contributed by atoms with E-state index in [4.69, 9.17) is 11.6 Å². The molecule has 2 rings (SSSR count). The molecule has 1 aromatic carbocycles. The van der Waals surface area contributed by atoms with Crippen molar-refractivity contribution in [3.63, 3.8) is 0 Å². The molecule has 0 aromatic heterocycles. The fraction of sp³-hybridized carbons (Fsp3) is 0.364. The van der Waals surface area contributed by atoms with E-state index < -0.39 is 11.7 Å². The van der Waals surface area contributed by atoms with Gasteiger partial charge in [-0.15, -0.1) is 0 Å². The van der Waals surface area contributed by atoms with E-state index in [-0.39, 0.29) is 22.5 Å². The summed E-state index contributed by atoms with van der Waals surface area (Å²) >= 11 is 5.84. The standard InChI is InChI=1S/C11H10ClF3N2/c1-6-5-16-10(17-6)9-7(11(13,14)15)3-2-4-8(9)12/h2-4,6H,5H2,1H3,(H,16,17). The van der Waals surface area contributed by atoms with Gasteiger partial charge in [-0.25, -0.2) is 0 Å². The Labute approximate surface area is 101 Å². The second kappa shape index (κ2) is 4.22. The average molecular weight is 263 g/mol. The number of benzene rings is 1. The van der Waals surface area contributed by atoms with Crippen LogP contribution in [0.4, 0.5) is 13.2 Å². The minimum absolute atomic E-state index is 0.0300. The summed E-state index contributed by atoms with van der Waals surface area (Å²) in [5.74, 6) is 0.218. The van der Waals surface area contributed by atoms with E-state index in [0.717, 1.165) is 6.07 Å². The van der Waals surface area contributed by atoms with Crippen molar-refractivity contribution in [2.75, 3.05) is 6.54 Å². The molecule has 1 atom stereocenters. The van der Waals surface area contributed by atoms with E-state index in [9.17, 15) is 13.2 Å². The monoisotopic (exact) mass is 262 g/mol. The minimum Gasteiger partial charge on any atom is -0.366 e. The number of halogens is 4. The van der Waals surface area contributed by atoms with Gasteiger partial charge in [0.25, 0.3) is 0 Å². The second-order valence-corrected chi connectivity index (χ2v) is 4.30. The average Bonchev–Trinajstić information content (AvgIpc) is 2.63. The van der Waals surface area contributed by atoms with Crippen LogP contribution in [0.15, 0.2) is 23.2 Å². The highest BCUT2D eigenvalue weighted by Crippen LogP contribution is 2.35. The lowest BCUT2D eigenvalue weighted by molar-refractivity contribution is -0.137. The predicted molar refractivity (Wildman–Crippen MR) is 60.5 cm³/mol. The first-order chi connectivity index (χ1) is 7.89. The molecule has 0 saturated carbocycles. The summed E-state index contributed by atoms with van der Waals surface area (Å²) < 4.78 is 38.5. The SMILES string of the molecule is CC1CN=C(c2c(Cl)cccc2C(F)(F)F)N1. The molecule has 0 fully saturated rings. The molecule has 0 aliphatic carbocycles. The molecule has 1 aliphatic rings. The molecule has 1 aliphatic heterocycles. The second-order valence-electron chi connectivity index (χ2n) is 3.89. The third kappa shape index (κ3) is 2.39. The van der Waals surface area contributed by atoms with Gasteiger partial charge < -0.3 is 5.32 Å². The summed E-state index contributed by atoms with van der Waals surface area (Å²) in [5, 5.41) is 2.94. The number of rotatable bonds is 1. The summed E-state index contributed by atoms with van der Waals surface area (Å²) in [4.78, 5) is 4.04. The van der Waals surface area contributed by atoms with E-state index in [0.29, 0.717) is 6.54 Å². The van der Waals surface area contributed by atoms with Crippen LogP contribution in [-0.4, -0.2) is 18.4 Å². The molecule has 1 aromatic rings. The van der Waals surface area contributed by atoms with E-state index in [2.05, 4.69) is 10.3 Å². The lowest BCUT2D eigenvalue weighted by atomic mass is 10.1. The molecule has 0 spiro atoms. The number of nitrogens with one attached hydrogen (secondary N) is 1. The highest BCUT2D eigenvalue weighted by Gasteiger charge is 2.36. The zero-order chi connectivity index (χ0) is 12.6. The van der Waals surface area contributed by atoms with Crippen molar-refractivity contribution >= 4 is 17.4 Å². The quantitative estimate of drug-likeness (QED) is 0.826. The Kier molecular flexibility index (Phi) is 3.03. The Bertz CT molecular complexity index is 468. The lowest BCUT2D eigenvalue weighted by Gasteiger charge is -2.15. The predicted octanol–water partition coefficient (Wildman–Crippen LogP) is 3.10. The molecule has 1 heterocycles. The zero-order valence-electron chi connectivity index (χ0n) is 8.98. The van der Waals surface area contributed by atoms with Crippen LogP contribution in [0.5, 0.6) is 0 Å². The fourth-order valence-electron chi connectivity index (χ4n) is 1.71. The molecule has 2 nitrogen and oxygen atoms in total. The maximum absolute atomic E-state index is 12.8. The van der Waals surface area contributed by atoms with Gasteiger partial charge in [-0.05, 0) is 19.1 Å². The Morgan fingerprint density at radius 1 is 1.41 bits per heavy atom. The summed E-state index contributed by atoms with van der Waals surface area (Å²) in [6, 6.07) is 3.75. The summed E-state index contributed by atoms with van der Waals surface area (Å²) in [6.45, 7) is 2.30. The molecule has 0 saturated heterocycles. The van der Waals surface area contributed by atoms with Gasteiger partial charge in [0.1, 0.15) is 5.84 Å². The van der Waals surface area contributed by atoms with Crippen LogP contribution in [-0.2, 0) is 6.18 Å². The number of aliphatic imine (C=N–C) groups is 1. The molecule has 1 unspecified atom stereocenters. The Balaban J connectivity index is 2.52. The third-order valence-electron chi connectivity index (χ3n) is 2.46. The molecule has 1 N–H and O–H groups in total. The molecule has 0 radical (unpaired) electrons. The van der Waals surface area contributed by atoms with E-state index >= 15 is 0 Å². The van der Waals surface area contributed by atoms with Crippen LogP contribution in [0, 0.1) is 0 Å². The van der Waals surface area contributed by atoms with E-state index in [1.54, 1.807) is 0 Å². The van der Waals surface area contributed by atoms with Crippen LogP contribution in [0.3, 0.4) is 0 Å². The summed E-state index contributed by atoms with van der Waals surface area (Å²) in [7, 11) is 0. The maximum Gasteiger partial charge on any atom is 0.417 e. The number of nitrogens with zero attached hydrogens (tertiary/aromatic N) is 1. The van der Waals surface area contributed by atoms with Crippen LogP contribution in [0.25, 0.3) is 0 Å². The van der Waals surface area contributed by atoms with Gasteiger partial charge in [0.15, 0.2) is 0 Å². The number of alkyl halides is 3. The van der Waals surface area contributed by atoms with Gasteiger partial charge in [0, 0.05) is 11.6 Å². The van der Waals surface area contributed by atoms with Gasteiger partial charge in [-0.3, -0.25) is 4.99 Å². The van der Waals surface area contributed by atoms with Crippen LogP contribution in [0.1, 0.15) is 18.1 Å². The zero-order valence-corrected chi connectivity index (χ0v) is 9.73. The molecule has 6 heteroatoms. The summed E-state index contributed by atoms with van der Waals surface area (Å²) in [5.41, 5.74) is -0.823. The van der Waals surface area contributed by atoms with Crippen molar-refractivity contribution in [3.8, 4) is 0 Å². The topological polar surface area (TPSA) is 24.4 Å². The van der Waals surface area contributed by atoms with Crippen LogP contribution < -0.4 is 5.32 Å². The van der Waals surface area contributed by atoms with Crippen LogP contribution >= 0.6 is 11.6 Å². The van der Waals surface area contributed by atoms with E-state index in [1.165, 1.54) is 12.1 Å². The molecule has 0 bridgehead atoms. The van der Waals surface area contributed by atoms with Gasteiger partial charge in [0.2, 0.25) is 0 Å². The van der Waals surface area contributed by atoms with Crippen molar-refractivity contribution in [1.29, 1.82) is 0 Å². The van der Waals surface area contributed by atoms with Gasteiger partial charge >= 0.3 is 6.18 Å². The maximum atomic E-state index is 12.8. The third-order valence-corrected chi connectivity index (χ3v) is 2.78. The smallest absolute Gasteiger partial charge is 0.366 e. The van der Waals surface area contributed by atoms with Crippen molar-refractivity contribution in [2.45, 2.75) is 19.1 Å². The molecular weight excluding hydrogens is 253 g/mol. The van der Waals surface area contributed by atoms with Gasteiger partial charge in [0.05, 0.1) is 17.1 Å². The Morgan fingerprint density at radius 3 is 2.65 bits per heavy atom. The number of amidine groups is 1. The first-order valence-electron chi connectivity index (χ1n) is 5.06. The van der Waals surface area contributed by atoms with Crippen molar-refractivity contribution in [3.05, 3.63) is 34.3 Å². The Morgan fingerprint density at radius 2 is 2.12 bits per heavy atom. The van der Waals surface area contributed by atoms with Crippen molar-refractivity contribution in [1.82, 2.24) is 5.32 Å². The van der Waals surface area contributed by atoms with Crippen molar-refractivity contribution < 1.29 is 13.2 Å². The lowest BCUT2D eigenvalue weighted by Crippen LogP contribution is -2.29. The number of hydrogen-bond donors (Lipinski definition) is 1. The highest BCUT2D eigenvalue weighted by molar-refractivity contribution is 6.34. The van der Waals surface area contributed by atoms with E-state index in [1.807, 2.05) is 6.92 Å². The summed E-state index contributed by atoms with van der Waals surface area (Å²) in [6.07, 6.45) is -4.43.